The van der Waals surface area contributed by atoms with Crippen LogP contribution in [0.3, 0.4) is 0 Å². The third kappa shape index (κ3) is 5.35. The molecule has 1 atom stereocenters. The van der Waals surface area contributed by atoms with Crippen LogP contribution in [-0.2, 0) is 0 Å². The van der Waals surface area contributed by atoms with Gasteiger partial charge in [0.15, 0.2) is 0 Å². The number of rotatable bonds is 8. The van der Waals surface area contributed by atoms with Gasteiger partial charge in [-0.2, -0.15) is 0 Å². The van der Waals surface area contributed by atoms with E-state index in [0.29, 0.717) is 23.3 Å². The molecule has 10 heteroatoms. The molecule has 3 heterocycles. The molecule has 0 spiro atoms. The van der Waals surface area contributed by atoms with Crippen molar-refractivity contribution < 1.29 is 8.78 Å². The minimum absolute atomic E-state index is 0.388. The summed E-state index contributed by atoms with van der Waals surface area (Å²) >= 11 is 1.73. The highest BCUT2D eigenvalue weighted by molar-refractivity contribution is 7.97. The van der Waals surface area contributed by atoms with E-state index >= 15 is 0 Å². The number of halogens is 2. The highest BCUT2D eigenvalue weighted by Crippen LogP contribution is 2.23. The van der Waals surface area contributed by atoms with Gasteiger partial charge in [-0.1, -0.05) is 18.9 Å². The molecule has 1 saturated heterocycles. The van der Waals surface area contributed by atoms with Gasteiger partial charge in [0.2, 0.25) is 0 Å². The molecule has 1 aliphatic heterocycles. The van der Waals surface area contributed by atoms with Crippen LogP contribution in [0, 0.1) is 5.41 Å². The van der Waals surface area contributed by atoms with E-state index < -0.39 is 12.1 Å². The van der Waals surface area contributed by atoms with Gasteiger partial charge in [0.1, 0.15) is 18.0 Å². The smallest absolute Gasteiger partial charge is 0.279 e. The van der Waals surface area contributed by atoms with Crippen molar-refractivity contribution in [1.82, 2.24) is 24.7 Å². The van der Waals surface area contributed by atoms with E-state index in [9.17, 15) is 8.78 Å². The second-order valence-electron chi connectivity index (χ2n) is 6.37. The largest absolute Gasteiger partial charge is 0.355 e. The summed E-state index contributed by atoms with van der Waals surface area (Å²) in [5.41, 5.74) is 0.593. The third-order valence-electron chi connectivity index (χ3n) is 4.32. The standard InChI is InChI=1S/C18H23F2N7S/c1-2-28-26-12-4-3-7-27(10-12)17-8-14(23-11-24-17)15-9-22-16(25-15)6-5-13(21)18(19)20/h5-6,8-9,11-12,18,21,26H,2-4,7,10H2,1H3,(H,22,25)/b6-5-,21-13?/t12-/m0/s1. The zero-order valence-corrected chi connectivity index (χ0v) is 16.3. The molecule has 0 bridgehead atoms. The quantitative estimate of drug-likeness (QED) is 0.459. The molecule has 2 aromatic heterocycles. The SMILES string of the molecule is CCSN[C@H]1CCCN(c2cc(-c3cnc(/C=C\C(=N)C(F)F)[nH]3)ncn2)C1. The van der Waals surface area contributed by atoms with Crippen LogP contribution in [0.4, 0.5) is 14.6 Å². The van der Waals surface area contributed by atoms with Crippen molar-refractivity contribution in [2.45, 2.75) is 32.2 Å². The van der Waals surface area contributed by atoms with Crippen LogP contribution in [0.25, 0.3) is 17.5 Å². The zero-order valence-electron chi connectivity index (χ0n) is 15.5. The fraction of sp³-hybridized carbons (Fsp3) is 0.444. The average Bonchev–Trinajstić information content (AvgIpc) is 3.20. The van der Waals surface area contributed by atoms with Crippen LogP contribution in [0.5, 0.6) is 0 Å². The Morgan fingerprint density at radius 2 is 2.32 bits per heavy atom. The lowest BCUT2D eigenvalue weighted by Gasteiger charge is -2.33. The first-order valence-corrected chi connectivity index (χ1v) is 10.1. The highest BCUT2D eigenvalue weighted by atomic mass is 32.2. The first kappa shape index (κ1) is 20.4. The average molecular weight is 407 g/mol. The van der Waals surface area contributed by atoms with E-state index in [1.54, 1.807) is 18.1 Å². The number of aromatic nitrogens is 4. The number of aromatic amines is 1. The molecule has 28 heavy (non-hydrogen) atoms. The van der Waals surface area contributed by atoms with Crippen molar-refractivity contribution in [2.75, 3.05) is 23.7 Å². The van der Waals surface area contributed by atoms with E-state index in [1.165, 1.54) is 12.4 Å². The molecule has 1 fully saturated rings. The van der Waals surface area contributed by atoms with Crippen LogP contribution in [0.1, 0.15) is 25.6 Å². The molecule has 3 rings (SSSR count). The van der Waals surface area contributed by atoms with Gasteiger partial charge in [0, 0.05) is 31.0 Å². The molecule has 0 amide bonds. The van der Waals surface area contributed by atoms with Crippen LogP contribution < -0.4 is 9.62 Å². The summed E-state index contributed by atoms with van der Waals surface area (Å²) in [5, 5.41) is 7.15. The molecule has 0 unspecified atom stereocenters. The predicted molar refractivity (Wildman–Crippen MR) is 109 cm³/mol. The van der Waals surface area contributed by atoms with Gasteiger partial charge < -0.3 is 9.88 Å². The molecule has 0 aliphatic carbocycles. The second-order valence-corrected chi connectivity index (χ2v) is 7.47. The van der Waals surface area contributed by atoms with E-state index in [2.05, 4.69) is 36.5 Å². The number of imidazole rings is 1. The molecule has 150 valence electrons. The molecule has 1 aliphatic rings. The fourth-order valence-electron chi connectivity index (χ4n) is 2.94. The van der Waals surface area contributed by atoms with E-state index in [-0.39, 0.29) is 0 Å². The number of H-pyrrole nitrogens is 1. The normalized spacial score (nSPS) is 17.6. The van der Waals surface area contributed by atoms with Crippen molar-refractivity contribution >= 4 is 29.6 Å². The number of hydrogen-bond donors (Lipinski definition) is 3. The first-order valence-electron chi connectivity index (χ1n) is 9.11. The number of anilines is 1. The Balaban J connectivity index is 1.70. The molecule has 3 N–H and O–H groups in total. The summed E-state index contributed by atoms with van der Waals surface area (Å²) in [6.07, 6.45) is 4.94. The summed E-state index contributed by atoms with van der Waals surface area (Å²) in [5.74, 6) is 2.27. The first-order chi connectivity index (χ1) is 13.6. The van der Waals surface area contributed by atoms with Gasteiger partial charge >= 0.3 is 0 Å². The van der Waals surface area contributed by atoms with Crippen molar-refractivity contribution in [3.63, 3.8) is 0 Å². The highest BCUT2D eigenvalue weighted by Gasteiger charge is 2.21. The minimum atomic E-state index is -2.80. The molecule has 7 nitrogen and oxygen atoms in total. The van der Waals surface area contributed by atoms with Gasteiger partial charge in [-0.25, -0.2) is 23.7 Å². The summed E-state index contributed by atoms with van der Waals surface area (Å²) in [6, 6.07) is 2.32. The molecular weight excluding hydrogens is 384 g/mol. The number of hydrogen-bond acceptors (Lipinski definition) is 7. The molecular formula is C18H23F2N7S. The molecule has 0 saturated carbocycles. The fourth-order valence-corrected chi connectivity index (χ4v) is 3.54. The lowest BCUT2D eigenvalue weighted by molar-refractivity contribution is 0.226. The Morgan fingerprint density at radius 1 is 1.46 bits per heavy atom. The maximum atomic E-state index is 12.4. The number of nitrogens with zero attached hydrogens (tertiary/aromatic N) is 4. The Labute approximate surface area is 166 Å². The van der Waals surface area contributed by atoms with Gasteiger partial charge in [-0.05, 0) is 25.0 Å². The van der Waals surface area contributed by atoms with Gasteiger partial charge in [0.25, 0.3) is 6.43 Å². The monoisotopic (exact) mass is 407 g/mol. The Kier molecular flexibility index (Phi) is 7.10. The van der Waals surface area contributed by atoms with Crippen LogP contribution in [0.2, 0.25) is 0 Å². The lowest BCUT2D eigenvalue weighted by atomic mass is 10.1. The molecule has 2 aromatic rings. The van der Waals surface area contributed by atoms with Gasteiger partial charge in [-0.15, -0.1) is 0 Å². The maximum Gasteiger partial charge on any atom is 0.279 e. The molecule has 0 aromatic carbocycles. The summed E-state index contributed by atoms with van der Waals surface area (Å²) in [6.45, 7) is 3.95. The Hall–Kier alpha value is -2.33. The maximum absolute atomic E-state index is 12.4. The third-order valence-corrected chi connectivity index (χ3v) is 5.11. The van der Waals surface area contributed by atoms with E-state index in [4.69, 9.17) is 5.41 Å². The Morgan fingerprint density at radius 3 is 3.11 bits per heavy atom. The molecule has 0 radical (unpaired) electrons. The number of allylic oxidation sites excluding steroid dienone is 1. The number of nitrogens with one attached hydrogen (secondary N) is 3. The number of piperidine rings is 1. The van der Waals surface area contributed by atoms with E-state index in [1.807, 2.05) is 6.07 Å². The van der Waals surface area contributed by atoms with Gasteiger partial charge in [-0.3, -0.25) is 10.1 Å². The number of alkyl halides is 2. The summed E-state index contributed by atoms with van der Waals surface area (Å²) < 4.78 is 28.3. The van der Waals surface area contributed by atoms with Crippen molar-refractivity contribution in [3.05, 3.63) is 30.5 Å². The van der Waals surface area contributed by atoms with Crippen LogP contribution in [0.15, 0.2) is 24.7 Å². The van der Waals surface area contributed by atoms with Crippen LogP contribution in [-0.4, -0.2) is 57.0 Å². The Bertz CT molecular complexity index is 824. The second kappa shape index (κ2) is 9.74. The minimum Gasteiger partial charge on any atom is -0.355 e. The van der Waals surface area contributed by atoms with Crippen molar-refractivity contribution in [1.29, 1.82) is 5.41 Å². The summed E-state index contributed by atoms with van der Waals surface area (Å²) in [7, 11) is 0. The topological polar surface area (TPSA) is 93.6 Å². The van der Waals surface area contributed by atoms with Crippen molar-refractivity contribution in [2.24, 2.45) is 0 Å². The van der Waals surface area contributed by atoms with Crippen LogP contribution >= 0.6 is 11.9 Å². The predicted octanol–water partition coefficient (Wildman–Crippen LogP) is 3.39. The lowest BCUT2D eigenvalue weighted by Crippen LogP contribution is -2.44. The van der Waals surface area contributed by atoms with Gasteiger partial charge in [0.05, 0.1) is 23.3 Å². The zero-order chi connectivity index (χ0) is 19.9. The summed E-state index contributed by atoms with van der Waals surface area (Å²) in [4.78, 5) is 18.1. The van der Waals surface area contributed by atoms with E-state index in [0.717, 1.165) is 43.6 Å². The van der Waals surface area contributed by atoms with Crippen molar-refractivity contribution in [3.8, 4) is 11.4 Å².